The molecule has 0 aromatic heterocycles. The third-order valence-corrected chi connectivity index (χ3v) is 3.09. The molecule has 1 saturated heterocycles. The zero-order chi connectivity index (χ0) is 12.1. The van der Waals surface area contributed by atoms with E-state index in [4.69, 9.17) is 4.74 Å². The molecule has 94 valence electrons. The van der Waals surface area contributed by atoms with Gasteiger partial charge in [-0.05, 0) is 31.5 Å². The molecule has 2 rings (SSSR count). The van der Waals surface area contributed by atoms with Gasteiger partial charge >= 0.3 is 0 Å². The first-order valence-corrected chi connectivity index (χ1v) is 6.45. The van der Waals surface area contributed by atoms with E-state index in [9.17, 15) is 0 Å². The quantitative estimate of drug-likeness (QED) is 0.861. The van der Waals surface area contributed by atoms with Crippen LogP contribution in [0.4, 0.5) is 0 Å². The molecule has 1 fully saturated rings. The van der Waals surface area contributed by atoms with Gasteiger partial charge < -0.3 is 10.1 Å². The van der Waals surface area contributed by atoms with Crippen molar-refractivity contribution >= 4 is 0 Å². The van der Waals surface area contributed by atoms with Crippen LogP contribution in [0.5, 0.6) is 5.75 Å². The van der Waals surface area contributed by atoms with Crippen LogP contribution in [0, 0.1) is 0 Å². The first-order valence-electron chi connectivity index (χ1n) is 6.45. The highest BCUT2D eigenvalue weighted by molar-refractivity contribution is 5.27. The number of nitrogens with zero attached hydrogens (tertiary/aromatic N) is 1. The highest BCUT2D eigenvalue weighted by Crippen LogP contribution is 2.14. The molecule has 0 radical (unpaired) electrons. The molecule has 1 heterocycles. The summed E-state index contributed by atoms with van der Waals surface area (Å²) in [5.41, 5.74) is 1.36. The van der Waals surface area contributed by atoms with E-state index in [1.54, 1.807) is 0 Å². The highest BCUT2D eigenvalue weighted by atomic mass is 16.5. The lowest BCUT2D eigenvalue weighted by atomic mass is 10.1. The van der Waals surface area contributed by atoms with Crippen LogP contribution in [-0.2, 0) is 6.54 Å². The molecule has 0 spiro atoms. The van der Waals surface area contributed by atoms with E-state index in [-0.39, 0.29) is 0 Å². The van der Waals surface area contributed by atoms with E-state index >= 15 is 0 Å². The molecule has 1 N–H and O–H groups in total. The predicted molar refractivity (Wildman–Crippen MR) is 70.4 cm³/mol. The molecule has 0 bridgehead atoms. The summed E-state index contributed by atoms with van der Waals surface area (Å²) >= 11 is 0. The van der Waals surface area contributed by atoms with Crippen molar-refractivity contribution in [2.24, 2.45) is 0 Å². The maximum Gasteiger partial charge on any atom is 0.119 e. The van der Waals surface area contributed by atoms with E-state index < -0.39 is 0 Å². The van der Waals surface area contributed by atoms with E-state index in [0.717, 1.165) is 38.5 Å². The van der Waals surface area contributed by atoms with Gasteiger partial charge in [0, 0.05) is 32.2 Å². The average Bonchev–Trinajstić information content (AvgIpc) is 2.32. The number of hydrogen-bond acceptors (Lipinski definition) is 3. The largest absolute Gasteiger partial charge is 0.494 e. The molecule has 1 aromatic rings. The molecular weight excluding hydrogens is 212 g/mol. The lowest BCUT2D eigenvalue weighted by Crippen LogP contribution is -2.48. The van der Waals surface area contributed by atoms with Gasteiger partial charge in [-0.3, -0.25) is 4.90 Å². The smallest absolute Gasteiger partial charge is 0.119 e. The molecule has 0 aliphatic carbocycles. The van der Waals surface area contributed by atoms with Gasteiger partial charge in [-0.15, -0.1) is 0 Å². The van der Waals surface area contributed by atoms with Gasteiger partial charge in [0.2, 0.25) is 0 Å². The number of hydrogen-bond donors (Lipinski definition) is 1. The molecule has 1 atom stereocenters. The second-order valence-corrected chi connectivity index (χ2v) is 4.67. The molecule has 0 unspecified atom stereocenters. The zero-order valence-corrected chi connectivity index (χ0v) is 10.8. The molecule has 3 heteroatoms. The Hall–Kier alpha value is -1.06. The molecule has 1 aliphatic rings. The van der Waals surface area contributed by atoms with Gasteiger partial charge in [-0.1, -0.05) is 12.1 Å². The zero-order valence-electron chi connectivity index (χ0n) is 10.8. The molecule has 1 aliphatic heterocycles. The molecular formula is C14H22N2O. The fourth-order valence-electron chi connectivity index (χ4n) is 2.27. The fourth-order valence-corrected chi connectivity index (χ4v) is 2.27. The van der Waals surface area contributed by atoms with Crippen LogP contribution in [0.1, 0.15) is 19.4 Å². The standard InChI is InChI=1S/C14H22N2O/c1-3-17-14-6-4-13(5-7-14)11-16-9-8-15-12(2)10-16/h4-7,12,15H,3,8-11H2,1-2H3/t12-/m1/s1. The van der Waals surface area contributed by atoms with E-state index in [2.05, 4.69) is 41.4 Å². The van der Waals surface area contributed by atoms with Gasteiger partial charge in [0.05, 0.1) is 6.61 Å². The van der Waals surface area contributed by atoms with Crippen molar-refractivity contribution in [2.75, 3.05) is 26.2 Å². The Balaban J connectivity index is 1.89. The van der Waals surface area contributed by atoms with E-state index in [0.29, 0.717) is 6.04 Å². The van der Waals surface area contributed by atoms with Crippen LogP contribution in [0.2, 0.25) is 0 Å². The second kappa shape index (κ2) is 6.03. The highest BCUT2D eigenvalue weighted by Gasteiger charge is 2.15. The van der Waals surface area contributed by atoms with Gasteiger partial charge in [-0.2, -0.15) is 0 Å². The van der Waals surface area contributed by atoms with Crippen LogP contribution in [0.25, 0.3) is 0 Å². The van der Waals surface area contributed by atoms with Crippen LogP contribution >= 0.6 is 0 Å². The average molecular weight is 234 g/mol. The van der Waals surface area contributed by atoms with Crippen LogP contribution in [0.3, 0.4) is 0 Å². The number of nitrogens with one attached hydrogen (secondary N) is 1. The Kier molecular flexibility index (Phi) is 4.40. The summed E-state index contributed by atoms with van der Waals surface area (Å²) in [5.74, 6) is 0.963. The van der Waals surface area contributed by atoms with Gasteiger partial charge in [0.1, 0.15) is 5.75 Å². The van der Waals surface area contributed by atoms with Crippen molar-refractivity contribution in [1.29, 1.82) is 0 Å². The Labute approximate surface area is 104 Å². The summed E-state index contributed by atoms with van der Waals surface area (Å²) < 4.78 is 5.44. The Morgan fingerprint density at radius 3 is 2.76 bits per heavy atom. The van der Waals surface area contributed by atoms with Crippen molar-refractivity contribution in [3.8, 4) is 5.75 Å². The first-order chi connectivity index (χ1) is 8.28. The van der Waals surface area contributed by atoms with Crippen molar-refractivity contribution < 1.29 is 4.74 Å². The SMILES string of the molecule is CCOc1ccc(CN2CCN[C@H](C)C2)cc1. The minimum absolute atomic E-state index is 0.603. The maximum atomic E-state index is 5.44. The summed E-state index contributed by atoms with van der Waals surface area (Å²) in [4.78, 5) is 2.50. The van der Waals surface area contributed by atoms with Gasteiger partial charge in [0.15, 0.2) is 0 Å². The monoisotopic (exact) mass is 234 g/mol. The van der Waals surface area contributed by atoms with E-state index in [1.165, 1.54) is 5.56 Å². The molecule has 0 amide bonds. The molecule has 3 nitrogen and oxygen atoms in total. The lowest BCUT2D eigenvalue weighted by molar-refractivity contribution is 0.199. The number of rotatable bonds is 4. The predicted octanol–water partition coefficient (Wildman–Crippen LogP) is 1.88. The van der Waals surface area contributed by atoms with Crippen LogP contribution in [-0.4, -0.2) is 37.2 Å². The minimum Gasteiger partial charge on any atom is -0.494 e. The summed E-state index contributed by atoms with van der Waals surface area (Å²) in [6, 6.07) is 9.05. The number of piperazine rings is 1. The van der Waals surface area contributed by atoms with Crippen molar-refractivity contribution in [1.82, 2.24) is 10.2 Å². The minimum atomic E-state index is 0.603. The van der Waals surface area contributed by atoms with Crippen molar-refractivity contribution in [3.05, 3.63) is 29.8 Å². The topological polar surface area (TPSA) is 24.5 Å². The molecule has 17 heavy (non-hydrogen) atoms. The molecule has 1 aromatic carbocycles. The fraction of sp³-hybridized carbons (Fsp3) is 0.571. The summed E-state index contributed by atoms with van der Waals surface area (Å²) in [6.45, 7) is 9.39. The van der Waals surface area contributed by atoms with Crippen LogP contribution in [0.15, 0.2) is 24.3 Å². The number of benzene rings is 1. The van der Waals surface area contributed by atoms with Crippen molar-refractivity contribution in [3.63, 3.8) is 0 Å². The maximum absolute atomic E-state index is 5.44. The van der Waals surface area contributed by atoms with Gasteiger partial charge in [-0.25, -0.2) is 0 Å². The Morgan fingerprint density at radius 2 is 2.12 bits per heavy atom. The summed E-state index contributed by atoms with van der Waals surface area (Å²) in [6.07, 6.45) is 0. The first kappa shape index (κ1) is 12.4. The second-order valence-electron chi connectivity index (χ2n) is 4.67. The third kappa shape index (κ3) is 3.72. The van der Waals surface area contributed by atoms with E-state index in [1.807, 2.05) is 6.92 Å². The summed E-state index contributed by atoms with van der Waals surface area (Å²) in [7, 11) is 0. The third-order valence-electron chi connectivity index (χ3n) is 3.09. The lowest BCUT2D eigenvalue weighted by Gasteiger charge is -2.31. The Bertz CT molecular complexity index is 337. The number of ether oxygens (including phenoxy) is 1. The van der Waals surface area contributed by atoms with Crippen molar-refractivity contribution in [2.45, 2.75) is 26.4 Å². The Morgan fingerprint density at radius 1 is 1.35 bits per heavy atom. The molecule has 0 saturated carbocycles. The summed E-state index contributed by atoms with van der Waals surface area (Å²) in [5, 5.41) is 3.46. The van der Waals surface area contributed by atoms with Gasteiger partial charge in [0.25, 0.3) is 0 Å². The normalized spacial score (nSPS) is 21.4. The van der Waals surface area contributed by atoms with Crippen LogP contribution < -0.4 is 10.1 Å².